The number of nitrogens with zero attached hydrogens (tertiary/aromatic N) is 1. The molecule has 1 aliphatic carbocycles. The van der Waals surface area contributed by atoms with Crippen LogP contribution in [0.25, 0.3) is 0 Å². The molecule has 0 saturated heterocycles. The first kappa shape index (κ1) is 21.8. The summed E-state index contributed by atoms with van der Waals surface area (Å²) in [6, 6.07) is 12.6. The van der Waals surface area contributed by atoms with Crippen LogP contribution in [0.4, 0.5) is 5.69 Å². The number of hydrogen-bond acceptors (Lipinski definition) is 2. The lowest BCUT2D eigenvalue weighted by atomic mass is 9.77. The third kappa shape index (κ3) is 6.03. The Morgan fingerprint density at radius 2 is 1.72 bits per heavy atom. The van der Waals surface area contributed by atoms with E-state index in [1.54, 1.807) is 0 Å². The topological polar surface area (TPSA) is 12.4 Å². The van der Waals surface area contributed by atoms with Gasteiger partial charge in [-0.2, -0.15) is 4.99 Å². The molecule has 0 aromatic heterocycles. The van der Waals surface area contributed by atoms with Gasteiger partial charge in [-0.1, -0.05) is 61.8 Å². The zero-order valence-electron chi connectivity index (χ0n) is 17.3. The minimum atomic E-state index is 0.552. The van der Waals surface area contributed by atoms with Crippen molar-refractivity contribution in [1.82, 2.24) is 0 Å². The van der Waals surface area contributed by atoms with Gasteiger partial charge >= 0.3 is 0 Å². The standard InChI is InChI=1S/C26H28ClNS/c1-3-4-5-20-8-12-23(13-9-20)24-14-10-21(11-15-24)6-7-22-16-19(2)26(28-18-29)25(27)17-22/h10-11,14-17,20,23H,3-5,8-9,12-13H2,1-2H3. The van der Waals surface area contributed by atoms with Gasteiger partial charge in [0.1, 0.15) is 0 Å². The third-order valence-electron chi connectivity index (χ3n) is 5.96. The lowest BCUT2D eigenvalue weighted by Gasteiger charge is -2.28. The Kier molecular flexibility index (Phi) is 8.08. The lowest BCUT2D eigenvalue weighted by Crippen LogP contribution is -2.13. The first-order valence-corrected chi connectivity index (χ1v) is 11.4. The second kappa shape index (κ2) is 10.7. The summed E-state index contributed by atoms with van der Waals surface area (Å²) in [4.78, 5) is 4.02. The van der Waals surface area contributed by atoms with Gasteiger partial charge in [-0.25, -0.2) is 0 Å². The fraction of sp³-hybridized carbons (Fsp3) is 0.423. The lowest BCUT2D eigenvalue weighted by molar-refractivity contribution is 0.304. The Balaban J connectivity index is 1.64. The SMILES string of the molecule is CCCCC1CCC(c2ccc(C#Cc3cc(C)c(N=C=S)c(Cl)c3)cc2)CC1. The molecule has 150 valence electrons. The normalized spacial score (nSPS) is 18.4. The van der Waals surface area contributed by atoms with E-state index in [4.69, 9.17) is 11.6 Å². The summed E-state index contributed by atoms with van der Waals surface area (Å²) in [5, 5.41) is 2.93. The van der Waals surface area contributed by atoms with Gasteiger partial charge in [-0.15, -0.1) is 0 Å². The predicted octanol–water partition coefficient (Wildman–Crippen LogP) is 8.25. The maximum absolute atomic E-state index is 6.29. The van der Waals surface area contributed by atoms with Crippen molar-refractivity contribution in [3.05, 3.63) is 63.7 Å². The molecule has 1 aliphatic rings. The van der Waals surface area contributed by atoms with E-state index in [1.807, 2.05) is 19.1 Å². The Labute approximate surface area is 185 Å². The summed E-state index contributed by atoms with van der Waals surface area (Å²) in [6.45, 7) is 4.24. The monoisotopic (exact) mass is 421 g/mol. The van der Waals surface area contributed by atoms with E-state index in [9.17, 15) is 0 Å². The summed E-state index contributed by atoms with van der Waals surface area (Å²) >= 11 is 11.0. The third-order valence-corrected chi connectivity index (χ3v) is 6.34. The molecule has 0 heterocycles. The van der Waals surface area contributed by atoms with Gasteiger partial charge < -0.3 is 0 Å². The molecule has 0 radical (unpaired) electrons. The quantitative estimate of drug-likeness (QED) is 0.269. The summed E-state index contributed by atoms with van der Waals surface area (Å²) in [5.41, 5.74) is 4.99. The maximum atomic E-state index is 6.29. The van der Waals surface area contributed by atoms with Crippen molar-refractivity contribution in [3.63, 3.8) is 0 Å². The van der Waals surface area contributed by atoms with Gasteiger partial charge in [0.05, 0.1) is 15.9 Å². The number of benzene rings is 2. The van der Waals surface area contributed by atoms with E-state index in [0.717, 1.165) is 22.6 Å². The summed E-state index contributed by atoms with van der Waals surface area (Å²) in [6.07, 6.45) is 9.54. The van der Waals surface area contributed by atoms with Crippen molar-refractivity contribution >= 4 is 34.7 Å². The molecular weight excluding hydrogens is 394 g/mol. The van der Waals surface area contributed by atoms with E-state index in [1.165, 1.54) is 50.5 Å². The molecule has 1 fully saturated rings. The minimum Gasteiger partial charge on any atom is -0.193 e. The van der Waals surface area contributed by atoms with Crippen LogP contribution in [0, 0.1) is 24.7 Å². The van der Waals surface area contributed by atoms with Crippen LogP contribution >= 0.6 is 23.8 Å². The van der Waals surface area contributed by atoms with Crippen molar-refractivity contribution in [2.45, 2.75) is 64.7 Å². The molecular formula is C26H28ClNS. The summed E-state index contributed by atoms with van der Waals surface area (Å²) < 4.78 is 0. The molecule has 0 amide bonds. The highest BCUT2D eigenvalue weighted by atomic mass is 35.5. The fourth-order valence-corrected chi connectivity index (χ4v) is 4.66. The molecule has 2 aromatic carbocycles. The predicted molar refractivity (Wildman–Crippen MR) is 128 cm³/mol. The van der Waals surface area contributed by atoms with Crippen molar-refractivity contribution in [3.8, 4) is 11.8 Å². The Bertz CT molecular complexity index is 914. The van der Waals surface area contributed by atoms with Gasteiger partial charge in [0.15, 0.2) is 0 Å². The van der Waals surface area contributed by atoms with Gasteiger partial charge in [-0.05, 0) is 92.1 Å². The van der Waals surface area contributed by atoms with E-state index >= 15 is 0 Å². The zero-order chi connectivity index (χ0) is 20.6. The maximum Gasteiger partial charge on any atom is 0.0955 e. The van der Waals surface area contributed by atoms with Crippen LogP contribution in [-0.4, -0.2) is 5.16 Å². The van der Waals surface area contributed by atoms with E-state index in [-0.39, 0.29) is 0 Å². The van der Waals surface area contributed by atoms with Crippen molar-refractivity contribution in [1.29, 1.82) is 0 Å². The van der Waals surface area contributed by atoms with Gasteiger partial charge in [0, 0.05) is 11.1 Å². The second-order valence-electron chi connectivity index (χ2n) is 8.06. The Morgan fingerprint density at radius 1 is 1.03 bits per heavy atom. The molecule has 1 saturated carbocycles. The van der Waals surface area contributed by atoms with Crippen LogP contribution in [-0.2, 0) is 0 Å². The van der Waals surface area contributed by atoms with Crippen LogP contribution in [0.5, 0.6) is 0 Å². The average Bonchev–Trinajstić information content (AvgIpc) is 2.74. The Morgan fingerprint density at radius 3 is 2.34 bits per heavy atom. The number of aliphatic imine (C=N–C) groups is 1. The molecule has 1 nitrogen and oxygen atoms in total. The van der Waals surface area contributed by atoms with E-state index < -0.39 is 0 Å². The number of rotatable bonds is 5. The van der Waals surface area contributed by atoms with Crippen molar-refractivity contribution in [2.75, 3.05) is 0 Å². The molecule has 0 spiro atoms. The van der Waals surface area contributed by atoms with Crippen LogP contribution in [0.2, 0.25) is 5.02 Å². The number of isothiocyanates is 1. The number of halogens is 1. The zero-order valence-corrected chi connectivity index (χ0v) is 18.9. The smallest absolute Gasteiger partial charge is 0.0955 e. The first-order valence-electron chi connectivity index (χ1n) is 10.6. The number of aryl methyl sites for hydroxylation is 1. The highest BCUT2D eigenvalue weighted by Crippen LogP contribution is 2.37. The van der Waals surface area contributed by atoms with Crippen LogP contribution in [0.3, 0.4) is 0 Å². The van der Waals surface area contributed by atoms with Gasteiger partial charge in [0.25, 0.3) is 0 Å². The molecule has 0 aliphatic heterocycles. The van der Waals surface area contributed by atoms with E-state index in [0.29, 0.717) is 16.6 Å². The second-order valence-corrected chi connectivity index (χ2v) is 8.65. The molecule has 3 heteroatoms. The first-order chi connectivity index (χ1) is 14.1. The van der Waals surface area contributed by atoms with Crippen molar-refractivity contribution < 1.29 is 0 Å². The van der Waals surface area contributed by atoms with Gasteiger partial charge in [0.2, 0.25) is 0 Å². The minimum absolute atomic E-state index is 0.552. The Hall–Kier alpha value is -1.91. The molecule has 0 bridgehead atoms. The molecule has 29 heavy (non-hydrogen) atoms. The van der Waals surface area contributed by atoms with Crippen LogP contribution < -0.4 is 0 Å². The molecule has 2 aromatic rings. The average molecular weight is 422 g/mol. The summed E-state index contributed by atoms with van der Waals surface area (Å²) in [7, 11) is 0. The highest BCUT2D eigenvalue weighted by Gasteiger charge is 2.21. The van der Waals surface area contributed by atoms with Crippen molar-refractivity contribution in [2.24, 2.45) is 10.9 Å². The largest absolute Gasteiger partial charge is 0.193 e. The highest BCUT2D eigenvalue weighted by molar-refractivity contribution is 7.78. The number of unbranched alkanes of at least 4 members (excludes halogenated alkanes) is 1. The molecule has 0 unspecified atom stereocenters. The number of hydrogen-bond donors (Lipinski definition) is 0. The van der Waals surface area contributed by atoms with Crippen LogP contribution in [0.15, 0.2) is 41.4 Å². The fourth-order valence-electron chi connectivity index (χ4n) is 4.26. The molecule has 0 atom stereocenters. The summed E-state index contributed by atoms with van der Waals surface area (Å²) in [5.74, 6) is 8.13. The molecule has 0 N–H and O–H groups in total. The van der Waals surface area contributed by atoms with E-state index in [2.05, 4.69) is 65.4 Å². The van der Waals surface area contributed by atoms with Crippen LogP contribution in [0.1, 0.15) is 80.0 Å². The molecule has 3 rings (SSSR count). The number of thiocarbonyl (C=S) groups is 1. The van der Waals surface area contributed by atoms with Gasteiger partial charge in [-0.3, -0.25) is 0 Å².